The first-order valence-electron chi connectivity index (χ1n) is 10.9. The maximum Gasteiger partial charge on any atom is 0.265 e. The van der Waals surface area contributed by atoms with Crippen molar-refractivity contribution in [2.75, 3.05) is 67.7 Å². The molecule has 0 unspecified atom stereocenters. The molecule has 1 N–H and O–H groups in total. The fourth-order valence-electron chi connectivity index (χ4n) is 3.89. The minimum Gasteiger partial charge on any atom is -0.481 e. The van der Waals surface area contributed by atoms with E-state index < -0.39 is 6.10 Å². The molecule has 0 saturated carbocycles. The van der Waals surface area contributed by atoms with E-state index in [2.05, 4.69) is 27.2 Å². The first-order chi connectivity index (χ1) is 15.1. The van der Waals surface area contributed by atoms with Gasteiger partial charge in [-0.15, -0.1) is 0 Å². The van der Waals surface area contributed by atoms with Crippen LogP contribution in [0.25, 0.3) is 0 Å². The minimum absolute atomic E-state index is 0.171. The summed E-state index contributed by atoms with van der Waals surface area (Å²) < 4.78 is 16.9. The second-order valence-electron chi connectivity index (χ2n) is 7.97. The number of nitrogens with one attached hydrogen (secondary N) is 1. The number of morpholine rings is 2. The summed E-state index contributed by atoms with van der Waals surface area (Å²) in [6.07, 6.45) is -0.613. The van der Waals surface area contributed by atoms with Gasteiger partial charge in [-0.05, 0) is 49.7 Å². The van der Waals surface area contributed by atoms with Crippen molar-refractivity contribution in [3.05, 3.63) is 48.0 Å². The molecule has 0 bridgehead atoms. The number of hydrogen-bond donors (Lipinski definition) is 1. The summed E-state index contributed by atoms with van der Waals surface area (Å²) in [6.45, 7) is 9.94. The van der Waals surface area contributed by atoms with Crippen LogP contribution in [-0.2, 0) is 14.3 Å². The quantitative estimate of drug-likeness (QED) is 0.768. The Balaban J connectivity index is 1.52. The largest absolute Gasteiger partial charge is 0.481 e. The maximum atomic E-state index is 12.9. The number of carbonyl (C=O) groups is 1. The number of benzene rings is 2. The van der Waals surface area contributed by atoms with Gasteiger partial charge in [0.15, 0.2) is 6.10 Å². The molecule has 1 amide bonds. The molecule has 2 fully saturated rings. The van der Waals surface area contributed by atoms with E-state index >= 15 is 0 Å². The highest BCUT2D eigenvalue weighted by Crippen LogP contribution is 2.32. The summed E-state index contributed by atoms with van der Waals surface area (Å²) >= 11 is 0. The van der Waals surface area contributed by atoms with Gasteiger partial charge in [0.25, 0.3) is 5.91 Å². The fraction of sp³-hybridized carbons (Fsp3) is 0.458. The Morgan fingerprint density at radius 2 is 1.65 bits per heavy atom. The average Bonchev–Trinajstić information content (AvgIpc) is 2.80. The van der Waals surface area contributed by atoms with Crippen LogP contribution in [0.2, 0.25) is 0 Å². The van der Waals surface area contributed by atoms with Crippen LogP contribution in [0, 0.1) is 6.92 Å². The van der Waals surface area contributed by atoms with Crippen LogP contribution in [-0.4, -0.2) is 64.6 Å². The number of nitrogens with zero attached hydrogens (tertiary/aromatic N) is 2. The molecule has 4 rings (SSSR count). The Labute approximate surface area is 183 Å². The molecular weight excluding hydrogens is 394 g/mol. The summed E-state index contributed by atoms with van der Waals surface area (Å²) in [5, 5.41) is 3.08. The molecule has 7 nitrogen and oxygen atoms in total. The molecule has 0 aliphatic carbocycles. The molecule has 1 atom stereocenters. The zero-order chi connectivity index (χ0) is 21.6. The summed E-state index contributed by atoms with van der Waals surface area (Å²) in [5.41, 5.74) is 4.05. The van der Waals surface area contributed by atoms with Crippen LogP contribution >= 0.6 is 0 Å². The van der Waals surface area contributed by atoms with Gasteiger partial charge < -0.3 is 29.3 Å². The van der Waals surface area contributed by atoms with Crippen LogP contribution < -0.4 is 19.9 Å². The molecular formula is C24H31N3O4. The Kier molecular flexibility index (Phi) is 6.94. The number of aryl methyl sites for hydroxylation is 1. The van der Waals surface area contributed by atoms with Crippen molar-refractivity contribution in [2.24, 2.45) is 0 Å². The van der Waals surface area contributed by atoms with Crippen molar-refractivity contribution in [3.8, 4) is 5.75 Å². The van der Waals surface area contributed by atoms with Crippen molar-refractivity contribution in [1.29, 1.82) is 0 Å². The van der Waals surface area contributed by atoms with Crippen molar-refractivity contribution in [1.82, 2.24) is 0 Å². The van der Waals surface area contributed by atoms with Gasteiger partial charge >= 0.3 is 0 Å². The van der Waals surface area contributed by atoms with E-state index in [1.54, 1.807) is 6.92 Å². The zero-order valence-electron chi connectivity index (χ0n) is 18.3. The number of anilines is 3. The van der Waals surface area contributed by atoms with E-state index in [1.165, 1.54) is 0 Å². The highest BCUT2D eigenvalue weighted by atomic mass is 16.5. The highest BCUT2D eigenvalue weighted by Gasteiger charge is 2.22. The Morgan fingerprint density at radius 1 is 0.968 bits per heavy atom. The molecule has 2 aromatic carbocycles. The van der Waals surface area contributed by atoms with Gasteiger partial charge in [-0.2, -0.15) is 0 Å². The van der Waals surface area contributed by atoms with E-state index in [4.69, 9.17) is 14.2 Å². The third kappa shape index (κ3) is 5.48. The maximum absolute atomic E-state index is 12.9. The number of amides is 1. The van der Waals surface area contributed by atoms with Crippen LogP contribution in [0.1, 0.15) is 12.5 Å². The predicted molar refractivity (Wildman–Crippen MR) is 122 cm³/mol. The predicted octanol–water partition coefficient (Wildman–Crippen LogP) is 3.07. The van der Waals surface area contributed by atoms with Crippen LogP contribution in [0.4, 0.5) is 17.1 Å². The SMILES string of the molecule is Cc1cccc(O[C@@H](C)C(=O)Nc2ccc(N3CCOCC3)cc2N2CCOCC2)c1. The smallest absolute Gasteiger partial charge is 0.265 e. The van der Waals surface area contributed by atoms with Crippen molar-refractivity contribution in [3.63, 3.8) is 0 Å². The average molecular weight is 426 g/mol. The molecule has 0 aromatic heterocycles. The lowest BCUT2D eigenvalue weighted by molar-refractivity contribution is -0.122. The Hall–Kier alpha value is -2.77. The molecule has 2 saturated heterocycles. The summed E-state index contributed by atoms with van der Waals surface area (Å²) in [6, 6.07) is 14.0. The molecule has 2 aromatic rings. The number of rotatable bonds is 6. The lowest BCUT2D eigenvalue weighted by Crippen LogP contribution is -2.38. The molecule has 0 spiro atoms. The third-order valence-electron chi connectivity index (χ3n) is 5.64. The van der Waals surface area contributed by atoms with Gasteiger partial charge in [-0.25, -0.2) is 0 Å². The van der Waals surface area contributed by atoms with Crippen LogP contribution in [0.15, 0.2) is 42.5 Å². The van der Waals surface area contributed by atoms with Crippen LogP contribution in [0.5, 0.6) is 5.75 Å². The van der Waals surface area contributed by atoms with Gasteiger partial charge in [-0.3, -0.25) is 4.79 Å². The monoisotopic (exact) mass is 425 g/mol. The second-order valence-corrected chi connectivity index (χ2v) is 7.97. The highest BCUT2D eigenvalue weighted by molar-refractivity contribution is 5.97. The third-order valence-corrected chi connectivity index (χ3v) is 5.64. The molecule has 0 radical (unpaired) electrons. The summed E-state index contributed by atoms with van der Waals surface area (Å²) in [5.74, 6) is 0.522. The van der Waals surface area contributed by atoms with Crippen LogP contribution in [0.3, 0.4) is 0 Å². The zero-order valence-corrected chi connectivity index (χ0v) is 18.3. The molecule has 2 aliphatic heterocycles. The standard InChI is InChI=1S/C24H31N3O4/c1-18-4-3-5-21(16-18)31-19(2)24(28)25-22-7-6-20(26-8-12-29-13-9-26)17-23(22)27-10-14-30-15-11-27/h3-7,16-17,19H,8-15H2,1-2H3,(H,25,28)/t19-/m0/s1. The van der Waals surface area contributed by atoms with Gasteiger partial charge in [0.05, 0.1) is 37.8 Å². The fourth-order valence-corrected chi connectivity index (χ4v) is 3.89. The normalized spacial score (nSPS) is 17.9. The molecule has 166 valence electrons. The lowest BCUT2D eigenvalue weighted by Gasteiger charge is -2.33. The Bertz CT molecular complexity index is 892. The van der Waals surface area contributed by atoms with Gasteiger partial charge in [0.1, 0.15) is 5.75 Å². The van der Waals surface area contributed by atoms with Gasteiger partial charge in [0.2, 0.25) is 0 Å². The van der Waals surface area contributed by atoms with E-state index in [-0.39, 0.29) is 5.91 Å². The molecule has 7 heteroatoms. The lowest BCUT2D eigenvalue weighted by atomic mass is 10.1. The van der Waals surface area contributed by atoms with Gasteiger partial charge in [0, 0.05) is 31.9 Å². The second kappa shape index (κ2) is 10.0. The molecule has 31 heavy (non-hydrogen) atoms. The van der Waals surface area contributed by atoms with E-state index in [0.29, 0.717) is 19.0 Å². The Morgan fingerprint density at radius 3 is 2.32 bits per heavy atom. The van der Waals surface area contributed by atoms with Crippen molar-refractivity contribution in [2.45, 2.75) is 20.0 Å². The minimum atomic E-state index is -0.613. The number of hydrogen-bond acceptors (Lipinski definition) is 6. The summed E-state index contributed by atoms with van der Waals surface area (Å²) in [4.78, 5) is 17.5. The van der Waals surface area contributed by atoms with E-state index in [1.807, 2.05) is 37.3 Å². The van der Waals surface area contributed by atoms with Gasteiger partial charge in [-0.1, -0.05) is 12.1 Å². The van der Waals surface area contributed by atoms with E-state index in [0.717, 1.165) is 62.0 Å². The topological polar surface area (TPSA) is 63.3 Å². The van der Waals surface area contributed by atoms with Crippen molar-refractivity contribution >= 4 is 23.0 Å². The molecule has 2 aliphatic rings. The van der Waals surface area contributed by atoms with E-state index in [9.17, 15) is 4.79 Å². The molecule has 2 heterocycles. The first-order valence-corrected chi connectivity index (χ1v) is 10.9. The number of ether oxygens (including phenoxy) is 3. The first kappa shape index (κ1) is 21.5. The number of carbonyl (C=O) groups excluding carboxylic acids is 1. The summed E-state index contributed by atoms with van der Waals surface area (Å²) in [7, 11) is 0. The van der Waals surface area contributed by atoms with Crippen molar-refractivity contribution < 1.29 is 19.0 Å².